The zero-order valence-corrected chi connectivity index (χ0v) is 10.8. The molecule has 0 spiro atoms. The predicted octanol–water partition coefficient (Wildman–Crippen LogP) is 0.533. The van der Waals surface area contributed by atoms with Gasteiger partial charge in [0.2, 0.25) is 11.8 Å². The van der Waals surface area contributed by atoms with Gasteiger partial charge < -0.3 is 16.4 Å². The molecule has 1 aromatic rings. The summed E-state index contributed by atoms with van der Waals surface area (Å²) in [6, 6.07) is 2.53. The van der Waals surface area contributed by atoms with E-state index in [-0.39, 0.29) is 11.8 Å². The van der Waals surface area contributed by atoms with Gasteiger partial charge in [0, 0.05) is 11.4 Å². The number of nitrogens with two attached hydrogens (primary N) is 1. The van der Waals surface area contributed by atoms with Gasteiger partial charge in [0.1, 0.15) is 12.1 Å². The Kier molecular flexibility index (Phi) is 4.33. The Morgan fingerprint density at radius 3 is 3.11 bits per heavy atom. The number of carbonyl (C=O) groups is 2. The lowest BCUT2D eigenvalue weighted by molar-refractivity contribution is -0.129. The summed E-state index contributed by atoms with van der Waals surface area (Å²) in [5.41, 5.74) is 5.85. The number of rotatable bonds is 3. The molecule has 0 saturated carbocycles. The summed E-state index contributed by atoms with van der Waals surface area (Å²) in [5, 5.41) is 7.38. The fraction of sp³-hybridized carbons (Fsp3) is 0.500. The van der Waals surface area contributed by atoms with E-state index in [1.165, 1.54) is 11.3 Å². The molecule has 2 rings (SSSR count). The second-order valence-electron chi connectivity index (χ2n) is 4.34. The fourth-order valence-corrected chi connectivity index (χ4v) is 2.66. The lowest BCUT2D eigenvalue weighted by atomic mass is 10.1. The molecule has 1 fully saturated rings. The van der Waals surface area contributed by atoms with Gasteiger partial charge in [-0.25, -0.2) is 0 Å². The molecule has 2 amide bonds. The Morgan fingerprint density at radius 1 is 1.56 bits per heavy atom. The molecule has 2 atom stereocenters. The van der Waals surface area contributed by atoms with Crippen molar-refractivity contribution in [3.63, 3.8) is 0 Å². The molecule has 1 aliphatic heterocycles. The number of amides is 2. The van der Waals surface area contributed by atoms with E-state index in [9.17, 15) is 9.59 Å². The molecule has 6 heteroatoms. The minimum Gasteiger partial charge on any atom is -0.354 e. The van der Waals surface area contributed by atoms with Gasteiger partial charge >= 0.3 is 0 Å². The maximum absolute atomic E-state index is 12.0. The lowest BCUT2D eigenvalue weighted by Gasteiger charge is -2.17. The largest absolute Gasteiger partial charge is 0.354 e. The number of hydrogen-bond acceptors (Lipinski definition) is 4. The zero-order valence-electron chi connectivity index (χ0n) is 10.0. The van der Waals surface area contributed by atoms with Crippen LogP contribution in [0.25, 0.3) is 0 Å². The summed E-state index contributed by atoms with van der Waals surface area (Å²) < 4.78 is 0. The molecule has 5 nitrogen and oxygen atoms in total. The molecule has 1 aromatic heterocycles. The molecule has 1 aliphatic rings. The molecule has 2 unspecified atom stereocenters. The third-order valence-corrected chi connectivity index (χ3v) is 3.94. The molecule has 1 saturated heterocycles. The Balaban J connectivity index is 1.95. The van der Waals surface area contributed by atoms with E-state index < -0.39 is 12.1 Å². The average Bonchev–Trinajstić information content (AvgIpc) is 2.82. The van der Waals surface area contributed by atoms with Crippen molar-refractivity contribution in [2.24, 2.45) is 5.73 Å². The molecular formula is C12H17N3O2S. The molecule has 4 N–H and O–H groups in total. The second kappa shape index (κ2) is 5.97. The lowest BCUT2D eigenvalue weighted by Crippen LogP contribution is -2.48. The van der Waals surface area contributed by atoms with E-state index in [2.05, 4.69) is 10.6 Å². The molecule has 2 heterocycles. The van der Waals surface area contributed by atoms with Crippen molar-refractivity contribution in [1.29, 1.82) is 0 Å². The van der Waals surface area contributed by atoms with Crippen LogP contribution in [0, 0.1) is 0 Å². The summed E-state index contributed by atoms with van der Waals surface area (Å²) in [5.74, 6) is -0.404. The van der Waals surface area contributed by atoms with E-state index in [1.54, 1.807) is 0 Å². The van der Waals surface area contributed by atoms with Gasteiger partial charge in [-0.15, -0.1) is 11.3 Å². The third kappa shape index (κ3) is 3.08. The van der Waals surface area contributed by atoms with Crippen LogP contribution in [0.4, 0.5) is 0 Å². The molecule has 0 aromatic carbocycles. The average molecular weight is 267 g/mol. The Labute approximate surface area is 110 Å². The van der Waals surface area contributed by atoms with E-state index in [0.717, 1.165) is 17.7 Å². The van der Waals surface area contributed by atoms with E-state index in [4.69, 9.17) is 5.73 Å². The van der Waals surface area contributed by atoms with Crippen LogP contribution >= 0.6 is 11.3 Å². The van der Waals surface area contributed by atoms with Crippen molar-refractivity contribution in [3.05, 3.63) is 22.4 Å². The smallest absolute Gasteiger partial charge is 0.242 e. The summed E-state index contributed by atoms with van der Waals surface area (Å²) in [6.45, 7) is 0.683. The van der Waals surface area contributed by atoms with Gasteiger partial charge in [-0.1, -0.05) is 6.07 Å². The summed E-state index contributed by atoms with van der Waals surface area (Å²) in [4.78, 5) is 24.5. The zero-order chi connectivity index (χ0) is 13.0. The Morgan fingerprint density at radius 2 is 2.39 bits per heavy atom. The molecule has 0 bridgehead atoms. The van der Waals surface area contributed by atoms with Crippen molar-refractivity contribution >= 4 is 23.2 Å². The highest BCUT2D eigenvalue weighted by molar-refractivity contribution is 7.10. The monoisotopic (exact) mass is 267 g/mol. The molecular weight excluding hydrogens is 250 g/mol. The van der Waals surface area contributed by atoms with Crippen LogP contribution in [0.2, 0.25) is 0 Å². The minimum atomic E-state index is -0.693. The standard InChI is InChI=1S/C12H17N3O2S/c13-10(9-5-3-7-18-9)12(17)15-8-4-1-2-6-14-11(8)16/h3,5,7-8,10H,1-2,4,6,13H2,(H,14,16)(H,15,17). The van der Waals surface area contributed by atoms with Gasteiger partial charge in [-0.05, 0) is 30.7 Å². The Hall–Kier alpha value is -1.40. The van der Waals surface area contributed by atoms with Crippen LogP contribution in [0.1, 0.15) is 30.2 Å². The van der Waals surface area contributed by atoms with Gasteiger partial charge in [0.15, 0.2) is 0 Å². The van der Waals surface area contributed by atoms with Gasteiger partial charge in [-0.3, -0.25) is 9.59 Å². The predicted molar refractivity (Wildman–Crippen MR) is 70.0 cm³/mol. The number of carbonyl (C=O) groups excluding carboxylic acids is 2. The maximum atomic E-state index is 12.0. The van der Waals surface area contributed by atoms with Crippen LogP contribution in [0.3, 0.4) is 0 Å². The molecule has 18 heavy (non-hydrogen) atoms. The first-order chi connectivity index (χ1) is 8.68. The van der Waals surface area contributed by atoms with Crippen LogP contribution in [-0.2, 0) is 9.59 Å². The van der Waals surface area contributed by atoms with E-state index in [1.807, 2.05) is 17.5 Å². The molecule has 0 aliphatic carbocycles. The van der Waals surface area contributed by atoms with Crippen LogP contribution in [0.15, 0.2) is 17.5 Å². The quantitative estimate of drug-likeness (QED) is 0.747. The summed E-state index contributed by atoms with van der Waals surface area (Å²) >= 11 is 1.44. The molecule has 0 radical (unpaired) electrons. The summed E-state index contributed by atoms with van der Waals surface area (Å²) in [7, 11) is 0. The normalized spacial score (nSPS) is 21.8. The van der Waals surface area contributed by atoms with Crippen LogP contribution < -0.4 is 16.4 Å². The highest BCUT2D eigenvalue weighted by Gasteiger charge is 2.25. The minimum absolute atomic E-state index is 0.112. The van der Waals surface area contributed by atoms with Crippen molar-refractivity contribution in [1.82, 2.24) is 10.6 Å². The first kappa shape index (κ1) is 13.0. The highest BCUT2D eigenvalue weighted by Crippen LogP contribution is 2.17. The number of thiophene rings is 1. The third-order valence-electron chi connectivity index (χ3n) is 2.98. The number of hydrogen-bond donors (Lipinski definition) is 3. The van der Waals surface area contributed by atoms with Crippen molar-refractivity contribution in [3.8, 4) is 0 Å². The van der Waals surface area contributed by atoms with Crippen molar-refractivity contribution in [2.45, 2.75) is 31.3 Å². The Bertz CT molecular complexity index is 419. The van der Waals surface area contributed by atoms with Gasteiger partial charge in [0.05, 0.1) is 0 Å². The van der Waals surface area contributed by atoms with Gasteiger partial charge in [0.25, 0.3) is 0 Å². The first-order valence-corrected chi connectivity index (χ1v) is 6.93. The number of nitrogens with one attached hydrogen (secondary N) is 2. The van der Waals surface area contributed by atoms with E-state index >= 15 is 0 Å². The maximum Gasteiger partial charge on any atom is 0.242 e. The fourth-order valence-electron chi connectivity index (χ4n) is 1.94. The van der Waals surface area contributed by atoms with E-state index in [0.29, 0.717) is 13.0 Å². The van der Waals surface area contributed by atoms with Gasteiger partial charge in [-0.2, -0.15) is 0 Å². The molecule has 98 valence electrons. The van der Waals surface area contributed by atoms with Crippen molar-refractivity contribution in [2.75, 3.05) is 6.54 Å². The topological polar surface area (TPSA) is 84.2 Å². The second-order valence-corrected chi connectivity index (χ2v) is 5.32. The SMILES string of the molecule is NC(C(=O)NC1CCCCNC1=O)c1cccs1. The van der Waals surface area contributed by atoms with Crippen molar-refractivity contribution < 1.29 is 9.59 Å². The van der Waals surface area contributed by atoms with Crippen LogP contribution in [0.5, 0.6) is 0 Å². The van der Waals surface area contributed by atoms with Crippen LogP contribution in [-0.4, -0.2) is 24.4 Å². The summed E-state index contributed by atoms with van der Waals surface area (Å²) in [6.07, 6.45) is 2.56. The highest BCUT2D eigenvalue weighted by atomic mass is 32.1. The first-order valence-electron chi connectivity index (χ1n) is 6.05.